The van der Waals surface area contributed by atoms with Gasteiger partial charge in [-0.3, -0.25) is 23.9 Å². The van der Waals surface area contributed by atoms with Gasteiger partial charge in [0.25, 0.3) is 5.56 Å². The van der Waals surface area contributed by atoms with E-state index in [0.29, 0.717) is 0 Å². The van der Waals surface area contributed by atoms with Crippen LogP contribution in [0.25, 0.3) is 11.2 Å². The Hall–Kier alpha value is -2.66. The summed E-state index contributed by atoms with van der Waals surface area (Å²) in [5.74, 6) is -1.11. The number of nitrogens with zero attached hydrogens (tertiary/aromatic N) is 3. The molecular weight excluding hydrogens is 370 g/mol. The monoisotopic (exact) mass is 385 g/mol. The van der Waals surface area contributed by atoms with Gasteiger partial charge in [0.2, 0.25) is 11.2 Å². The van der Waals surface area contributed by atoms with Gasteiger partial charge in [-0.2, -0.15) is 4.98 Å². The second-order valence-electron chi connectivity index (χ2n) is 5.69. The molecule has 2 aromatic rings. The molecule has 0 amide bonds. The van der Waals surface area contributed by atoms with E-state index >= 15 is 0 Å². The maximum atomic E-state index is 12.0. The molecule has 0 unspecified atom stereocenters. The maximum Gasteiger partial charge on any atom is 0.303 e. The van der Waals surface area contributed by atoms with Gasteiger partial charge in [-0.25, -0.2) is 4.98 Å². The van der Waals surface area contributed by atoms with Gasteiger partial charge < -0.3 is 19.9 Å². The van der Waals surface area contributed by atoms with E-state index < -0.39 is 35.9 Å². The number of aromatic amines is 1. The lowest BCUT2D eigenvalue weighted by atomic mass is 10.2. The number of imidazole rings is 1. The molecule has 0 aromatic carbocycles. The van der Waals surface area contributed by atoms with Gasteiger partial charge in [-0.1, -0.05) is 0 Å². The molecule has 26 heavy (non-hydrogen) atoms. The van der Waals surface area contributed by atoms with E-state index in [-0.39, 0.29) is 35.4 Å². The zero-order valence-corrected chi connectivity index (χ0v) is 14.6. The number of aromatic nitrogens is 4. The second-order valence-corrected chi connectivity index (χ2v) is 6.03. The van der Waals surface area contributed by atoms with Gasteiger partial charge >= 0.3 is 11.9 Å². The Morgan fingerprint density at radius 2 is 2.12 bits per heavy atom. The molecule has 3 rings (SSSR count). The molecular formula is C14H16ClN5O6. The number of anilines is 1. The fraction of sp³-hybridized carbons (Fsp3) is 0.500. The van der Waals surface area contributed by atoms with Crippen LogP contribution in [-0.4, -0.2) is 50.3 Å². The molecule has 3 heterocycles. The lowest BCUT2D eigenvalue weighted by Gasteiger charge is -2.17. The minimum absolute atomic E-state index is 0.000252. The van der Waals surface area contributed by atoms with Crippen molar-refractivity contribution in [2.24, 2.45) is 0 Å². The summed E-state index contributed by atoms with van der Waals surface area (Å²) in [4.78, 5) is 44.7. The van der Waals surface area contributed by atoms with E-state index in [9.17, 15) is 14.4 Å². The second kappa shape index (κ2) is 6.92. The quantitative estimate of drug-likeness (QED) is 0.552. The Bertz CT molecular complexity index is 924. The number of fused-ring (bicyclic) bond motifs is 1. The average Bonchev–Trinajstić information content (AvgIpc) is 3.05. The van der Waals surface area contributed by atoms with E-state index in [0.717, 1.165) is 0 Å². The summed E-state index contributed by atoms with van der Waals surface area (Å²) in [6, 6.07) is 0. The highest BCUT2D eigenvalue weighted by Crippen LogP contribution is 2.35. The number of nitrogen functional groups attached to an aromatic ring is 1. The molecule has 3 atom stereocenters. The number of H-pyrrole nitrogens is 1. The number of hydrogen-bond donors (Lipinski definition) is 2. The molecule has 11 nitrogen and oxygen atoms in total. The number of carbonyl (C=O) groups excluding carboxylic acids is 2. The highest BCUT2D eigenvalue weighted by molar-refractivity contribution is 6.29. The molecule has 0 aliphatic carbocycles. The number of hydrogen-bond acceptors (Lipinski definition) is 9. The van der Waals surface area contributed by atoms with Crippen LogP contribution in [0.1, 0.15) is 26.5 Å². The van der Waals surface area contributed by atoms with Crippen LogP contribution in [0.3, 0.4) is 0 Å². The van der Waals surface area contributed by atoms with E-state index in [1.165, 1.54) is 18.4 Å². The summed E-state index contributed by atoms with van der Waals surface area (Å²) < 4.78 is 17.4. The molecule has 0 radical (unpaired) electrons. The summed E-state index contributed by atoms with van der Waals surface area (Å²) in [7, 11) is 0. The number of nitrogens with two attached hydrogens (primary N) is 1. The Morgan fingerprint density at radius 3 is 2.77 bits per heavy atom. The van der Waals surface area contributed by atoms with Crippen molar-refractivity contribution in [3.63, 3.8) is 0 Å². The molecule has 3 N–H and O–H groups in total. The topological polar surface area (TPSA) is 151 Å². The fourth-order valence-corrected chi connectivity index (χ4v) is 3.05. The van der Waals surface area contributed by atoms with Crippen LogP contribution in [0.4, 0.5) is 5.95 Å². The van der Waals surface area contributed by atoms with Gasteiger partial charge in [-0.15, -0.1) is 0 Å². The third kappa shape index (κ3) is 3.48. The minimum Gasteiger partial charge on any atom is -0.463 e. The first-order valence-electron chi connectivity index (χ1n) is 7.65. The average molecular weight is 386 g/mol. The van der Waals surface area contributed by atoms with Crippen LogP contribution in [0.15, 0.2) is 4.79 Å². The van der Waals surface area contributed by atoms with E-state index in [2.05, 4.69) is 15.0 Å². The summed E-state index contributed by atoms with van der Waals surface area (Å²) in [6.07, 6.45) is -1.93. The molecule has 2 aromatic heterocycles. The fourth-order valence-electron chi connectivity index (χ4n) is 2.77. The largest absolute Gasteiger partial charge is 0.463 e. The Morgan fingerprint density at radius 1 is 1.38 bits per heavy atom. The van der Waals surface area contributed by atoms with Crippen molar-refractivity contribution in [3.05, 3.63) is 15.6 Å². The Kier molecular flexibility index (Phi) is 4.83. The number of nitrogens with one attached hydrogen (secondary N) is 1. The van der Waals surface area contributed by atoms with Gasteiger partial charge in [0.1, 0.15) is 25.0 Å². The van der Waals surface area contributed by atoms with Crippen LogP contribution in [0.5, 0.6) is 0 Å². The summed E-state index contributed by atoms with van der Waals surface area (Å²) in [5, 5.41) is -0.0386. The van der Waals surface area contributed by atoms with Crippen LogP contribution < -0.4 is 11.3 Å². The number of ether oxygens (including phenoxy) is 3. The van der Waals surface area contributed by atoms with Crippen molar-refractivity contribution in [2.45, 2.75) is 38.7 Å². The molecule has 0 saturated carbocycles. The van der Waals surface area contributed by atoms with Gasteiger partial charge in [0.05, 0.1) is 0 Å². The van der Waals surface area contributed by atoms with Crippen molar-refractivity contribution in [3.8, 4) is 0 Å². The normalized spacial score (nSPS) is 22.5. The first kappa shape index (κ1) is 18.1. The SMILES string of the molecule is CC(=O)OC[C@H]1O[C@@H](n2c(Cl)nc3c(=O)[nH]c(N)nc32)C[C@@H]1OC(C)=O. The van der Waals surface area contributed by atoms with E-state index in [4.69, 9.17) is 31.5 Å². The van der Waals surface area contributed by atoms with Crippen LogP contribution in [0.2, 0.25) is 5.28 Å². The molecule has 140 valence electrons. The third-order valence-electron chi connectivity index (χ3n) is 3.76. The number of halogens is 1. The van der Waals surface area contributed by atoms with Crippen molar-refractivity contribution in [1.29, 1.82) is 0 Å². The summed E-state index contributed by atoms with van der Waals surface area (Å²) >= 11 is 6.15. The highest BCUT2D eigenvalue weighted by atomic mass is 35.5. The maximum absolute atomic E-state index is 12.0. The molecule has 0 spiro atoms. The van der Waals surface area contributed by atoms with Gasteiger partial charge in [0, 0.05) is 20.3 Å². The van der Waals surface area contributed by atoms with Crippen molar-refractivity contribution in [1.82, 2.24) is 19.5 Å². The molecule has 12 heteroatoms. The van der Waals surface area contributed by atoms with Gasteiger partial charge in [-0.05, 0) is 11.6 Å². The minimum atomic E-state index is -0.744. The van der Waals surface area contributed by atoms with Crippen molar-refractivity contribution in [2.75, 3.05) is 12.3 Å². The lowest BCUT2D eigenvalue weighted by Crippen LogP contribution is -2.31. The Labute approximate surface area is 151 Å². The van der Waals surface area contributed by atoms with Crippen molar-refractivity contribution < 1.29 is 23.8 Å². The zero-order valence-electron chi connectivity index (χ0n) is 13.9. The number of rotatable bonds is 4. The molecule has 1 aliphatic heterocycles. The predicted octanol–water partition coefficient (Wildman–Crippen LogP) is 0.137. The third-order valence-corrected chi connectivity index (χ3v) is 4.03. The molecule has 1 fully saturated rings. The highest BCUT2D eigenvalue weighted by Gasteiger charge is 2.40. The molecule has 1 saturated heterocycles. The zero-order chi connectivity index (χ0) is 19.0. The standard InChI is InChI=1S/C14H16ClN5O6/c1-5(21)24-4-8-7(25-6(2)22)3-9(26-8)20-11-10(17-13(20)15)12(23)19-14(16)18-11/h7-9H,3-4H2,1-2H3,(H3,16,18,19,23)/t7-,8+,9+/m0/s1. The smallest absolute Gasteiger partial charge is 0.303 e. The molecule has 1 aliphatic rings. The first-order valence-corrected chi connectivity index (χ1v) is 8.03. The lowest BCUT2D eigenvalue weighted by molar-refractivity contribution is -0.155. The van der Waals surface area contributed by atoms with E-state index in [1.807, 2.05) is 0 Å². The van der Waals surface area contributed by atoms with Crippen LogP contribution in [0, 0.1) is 0 Å². The number of esters is 2. The van der Waals surface area contributed by atoms with E-state index in [1.54, 1.807) is 0 Å². The Balaban J connectivity index is 1.95. The summed E-state index contributed by atoms with van der Waals surface area (Å²) in [5.41, 5.74) is 5.18. The number of carbonyl (C=O) groups is 2. The molecule has 0 bridgehead atoms. The van der Waals surface area contributed by atoms with Crippen LogP contribution in [-0.2, 0) is 23.8 Å². The van der Waals surface area contributed by atoms with Gasteiger partial charge in [0.15, 0.2) is 11.2 Å². The first-order chi connectivity index (χ1) is 12.3. The van der Waals surface area contributed by atoms with Crippen LogP contribution >= 0.6 is 11.6 Å². The predicted molar refractivity (Wildman–Crippen MR) is 88.3 cm³/mol. The van der Waals surface area contributed by atoms with Crippen molar-refractivity contribution >= 4 is 40.7 Å². The summed E-state index contributed by atoms with van der Waals surface area (Å²) in [6.45, 7) is 2.41.